The zero-order valence-corrected chi connectivity index (χ0v) is 7.96. The normalized spacial score (nSPS) is 9.31. The lowest BCUT2D eigenvalue weighted by atomic mass is 10.1. The highest BCUT2D eigenvalue weighted by Gasteiger charge is 1.94. The predicted octanol–water partition coefficient (Wildman–Crippen LogP) is 2.82. The van der Waals surface area contributed by atoms with Crippen molar-refractivity contribution in [3.8, 4) is 0 Å². The molecule has 0 aliphatic rings. The Balaban J connectivity index is 2.37. The third kappa shape index (κ3) is 3.83. The van der Waals surface area contributed by atoms with Gasteiger partial charge in [0.15, 0.2) is 0 Å². The van der Waals surface area contributed by atoms with Crippen LogP contribution < -0.4 is 4.91 Å². The minimum absolute atomic E-state index is 0.617. The number of aryl methyl sites for hydroxylation is 1. The zero-order valence-electron chi connectivity index (χ0n) is 7.20. The van der Waals surface area contributed by atoms with Gasteiger partial charge in [-0.3, -0.25) is 0 Å². The van der Waals surface area contributed by atoms with E-state index in [0.717, 1.165) is 17.9 Å². The monoisotopic (exact) mass is 196 g/mol. The van der Waals surface area contributed by atoms with Gasteiger partial charge < -0.3 is 0 Å². The molecule has 68 valence electrons. The molecule has 1 aromatic rings. The van der Waals surface area contributed by atoms with E-state index in [2.05, 4.69) is 10.0 Å². The summed E-state index contributed by atoms with van der Waals surface area (Å²) < 4.78 is 0. The molecule has 1 rings (SSSR count). The van der Waals surface area contributed by atoms with Crippen LogP contribution in [0.1, 0.15) is 12.0 Å². The van der Waals surface area contributed by atoms with E-state index in [9.17, 15) is 0 Å². The van der Waals surface area contributed by atoms with Crippen LogP contribution in [0.15, 0.2) is 29.4 Å². The highest BCUT2D eigenvalue weighted by Crippen LogP contribution is 2.10. The molecule has 1 aromatic carbocycles. The van der Waals surface area contributed by atoms with Crippen LogP contribution in [0.5, 0.6) is 0 Å². The van der Waals surface area contributed by atoms with Gasteiger partial charge in [0.05, 0.1) is 0 Å². The first-order chi connectivity index (χ1) is 6.33. The summed E-state index contributed by atoms with van der Waals surface area (Å²) in [5.41, 5.74) is 7.70. The number of rotatable bonds is 4. The minimum atomic E-state index is 0.617. The Kier molecular flexibility index (Phi) is 4.16. The van der Waals surface area contributed by atoms with E-state index in [1.807, 2.05) is 24.3 Å². The first-order valence-corrected chi connectivity index (χ1v) is 4.48. The van der Waals surface area contributed by atoms with Gasteiger partial charge in [0, 0.05) is 5.02 Å². The Hall–Kier alpha value is -1.18. The van der Waals surface area contributed by atoms with Crippen molar-refractivity contribution < 1.29 is 0 Å². The Bertz CT molecular complexity index is 301. The number of nitrogens with zero attached hydrogens (tertiary/aromatic N) is 2. The van der Waals surface area contributed by atoms with E-state index in [0.29, 0.717) is 6.54 Å². The second-order valence-corrected chi connectivity index (χ2v) is 3.13. The van der Waals surface area contributed by atoms with E-state index >= 15 is 0 Å². The van der Waals surface area contributed by atoms with Crippen LogP contribution in [-0.2, 0) is 6.42 Å². The van der Waals surface area contributed by atoms with Crippen molar-refractivity contribution in [2.75, 3.05) is 6.54 Å². The van der Waals surface area contributed by atoms with Crippen molar-refractivity contribution >= 4 is 11.6 Å². The van der Waals surface area contributed by atoms with Crippen molar-refractivity contribution in [3.63, 3.8) is 0 Å². The molecule has 0 radical (unpaired) electrons. The van der Waals surface area contributed by atoms with Crippen molar-refractivity contribution in [2.45, 2.75) is 12.8 Å². The molecule has 4 heteroatoms. The van der Waals surface area contributed by atoms with Gasteiger partial charge >= 0.3 is 0 Å². The summed E-state index contributed by atoms with van der Waals surface area (Å²) in [5.74, 6) is 0. The quantitative estimate of drug-likeness (QED) is 0.438. The summed E-state index contributed by atoms with van der Waals surface area (Å²) in [6.07, 6.45) is 1.88. The molecule has 0 aliphatic heterocycles. The summed E-state index contributed by atoms with van der Waals surface area (Å²) in [7, 11) is 0. The Morgan fingerprint density at radius 1 is 1.31 bits per heavy atom. The predicted molar refractivity (Wildman–Crippen MR) is 51.9 cm³/mol. The van der Waals surface area contributed by atoms with Gasteiger partial charge in [-0.05, 0) is 30.5 Å². The third-order valence-electron chi connectivity index (χ3n) is 1.71. The van der Waals surface area contributed by atoms with E-state index in [4.69, 9.17) is 17.1 Å². The highest BCUT2D eigenvalue weighted by molar-refractivity contribution is 6.30. The van der Waals surface area contributed by atoms with Crippen LogP contribution in [0.3, 0.4) is 0 Å². The summed E-state index contributed by atoms with van der Waals surface area (Å²) in [5, 5.41) is 4.33. The molecule has 0 unspecified atom stereocenters. The Labute approximate surface area is 82.0 Å². The van der Waals surface area contributed by atoms with E-state index < -0.39 is 0 Å². The van der Waals surface area contributed by atoms with Gasteiger partial charge in [-0.1, -0.05) is 23.7 Å². The Morgan fingerprint density at radius 3 is 2.62 bits per heavy atom. The fraction of sp³-hybridized carbons (Fsp3) is 0.333. The smallest absolute Gasteiger partial charge is 0.0843 e. The lowest BCUT2D eigenvalue weighted by Gasteiger charge is -1.97. The first kappa shape index (κ1) is 9.90. The molecule has 1 N–H and O–H groups in total. The molecule has 0 bridgehead atoms. The largest absolute Gasteiger partial charge is 0.214 e. The van der Waals surface area contributed by atoms with Gasteiger partial charge in [-0.2, -0.15) is 0 Å². The van der Waals surface area contributed by atoms with Crippen LogP contribution in [0.4, 0.5) is 0 Å². The van der Waals surface area contributed by atoms with Crippen LogP contribution in [0.25, 0.3) is 0 Å². The maximum Gasteiger partial charge on any atom is 0.214 e. The summed E-state index contributed by atoms with van der Waals surface area (Å²) in [6.45, 7) is 0.617. The summed E-state index contributed by atoms with van der Waals surface area (Å²) in [4.78, 5) is 2.93. The third-order valence-corrected chi connectivity index (χ3v) is 1.96. The molecule has 3 nitrogen and oxygen atoms in total. The lowest BCUT2D eigenvalue weighted by Crippen LogP contribution is -1.87. The molecule has 0 amide bonds. The second kappa shape index (κ2) is 5.46. The van der Waals surface area contributed by atoms with Crippen LogP contribution in [-0.4, -0.2) is 6.54 Å². The number of benzene rings is 1. The number of hydrogen-bond acceptors (Lipinski definition) is 2. The molecule has 0 heterocycles. The first-order valence-electron chi connectivity index (χ1n) is 4.10. The van der Waals surface area contributed by atoms with Crippen molar-refractivity contribution in [1.29, 1.82) is 5.53 Å². The summed E-state index contributed by atoms with van der Waals surface area (Å²) >= 11 is 5.74. The van der Waals surface area contributed by atoms with Gasteiger partial charge in [0.1, 0.15) is 17.2 Å². The average molecular weight is 197 g/mol. The second-order valence-electron chi connectivity index (χ2n) is 2.70. The van der Waals surface area contributed by atoms with Crippen molar-refractivity contribution in [1.82, 2.24) is 4.91 Å². The molecule has 0 atom stereocenters. The minimum Gasteiger partial charge on any atom is -0.0843 e. The molecule has 0 saturated carbocycles. The van der Waals surface area contributed by atoms with Gasteiger partial charge in [0.25, 0.3) is 0 Å². The maximum absolute atomic E-state index is 6.45. The molecular formula is C9H11ClN3+. The number of nitrogens with one attached hydrogen (secondary N) is 1. The molecular weight excluding hydrogens is 186 g/mol. The number of hydrogen-bond donors (Lipinski definition) is 1. The van der Waals surface area contributed by atoms with Gasteiger partial charge in [-0.15, -0.1) is 0 Å². The molecule has 13 heavy (non-hydrogen) atoms. The molecule has 0 fully saturated rings. The van der Waals surface area contributed by atoms with Gasteiger partial charge in [0.2, 0.25) is 4.91 Å². The SMILES string of the molecule is N=[N+]=NCCCc1ccc(Cl)cc1. The fourth-order valence-corrected chi connectivity index (χ4v) is 1.18. The summed E-state index contributed by atoms with van der Waals surface area (Å²) in [6, 6.07) is 7.76. The number of halogens is 1. The lowest BCUT2D eigenvalue weighted by molar-refractivity contribution is 0.767. The van der Waals surface area contributed by atoms with E-state index in [-0.39, 0.29) is 0 Å². The molecule has 0 aliphatic carbocycles. The van der Waals surface area contributed by atoms with E-state index in [1.165, 1.54) is 5.56 Å². The van der Waals surface area contributed by atoms with Crippen LogP contribution in [0, 0.1) is 5.53 Å². The molecule has 0 aromatic heterocycles. The van der Waals surface area contributed by atoms with Crippen LogP contribution >= 0.6 is 11.6 Å². The topological polar surface area (TPSA) is 50.3 Å². The van der Waals surface area contributed by atoms with Crippen molar-refractivity contribution in [3.05, 3.63) is 34.9 Å². The van der Waals surface area contributed by atoms with Gasteiger partial charge in [-0.25, -0.2) is 0 Å². The highest BCUT2D eigenvalue weighted by atomic mass is 35.5. The fourth-order valence-electron chi connectivity index (χ4n) is 1.05. The maximum atomic E-state index is 6.45. The molecule has 0 saturated heterocycles. The van der Waals surface area contributed by atoms with E-state index in [1.54, 1.807) is 0 Å². The Morgan fingerprint density at radius 2 is 2.00 bits per heavy atom. The average Bonchev–Trinajstić information content (AvgIpc) is 2.15. The standard InChI is InChI=1S/C9H11ClN3/c10-9-5-3-8(4-6-9)2-1-7-12-13-11/h3-6,11H,1-2,7H2/q+1. The van der Waals surface area contributed by atoms with Crippen molar-refractivity contribution in [2.24, 2.45) is 5.11 Å². The van der Waals surface area contributed by atoms with Crippen LogP contribution in [0.2, 0.25) is 5.02 Å². The zero-order chi connectivity index (χ0) is 9.52. The molecule has 0 spiro atoms.